The van der Waals surface area contributed by atoms with Crippen molar-refractivity contribution in [3.8, 4) is 5.75 Å². The Hall–Kier alpha value is -2.37. The van der Waals surface area contributed by atoms with Crippen molar-refractivity contribution in [3.63, 3.8) is 0 Å². The molecular weight excluding hydrogens is 225 g/mol. The van der Waals surface area contributed by atoms with E-state index in [2.05, 4.69) is 4.98 Å². The number of hydrogen-bond donors (Lipinski definition) is 2. The summed E-state index contributed by atoms with van der Waals surface area (Å²) in [6.45, 7) is 0. The van der Waals surface area contributed by atoms with Crippen LogP contribution in [0.5, 0.6) is 5.75 Å². The number of carbonyl (C=O) groups is 1. The van der Waals surface area contributed by atoms with Gasteiger partial charge in [-0.05, 0) is 18.2 Å². The Kier molecular flexibility index (Phi) is 2.55. The number of hydrogen-bond acceptors (Lipinski definition) is 4. The van der Waals surface area contributed by atoms with Crippen molar-refractivity contribution < 1.29 is 13.9 Å². The molecule has 0 fully saturated rings. The highest BCUT2D eigenvalue weighted by atomic mass is 19.1. The number of fused-ring (bicyclic) bond motifs is 1. The predicted molar refractivity (Wildman–Crippen MR) is 61.2 cm³/mol. The summed E-state index contributed by atoms with van der Waals surface area (Å²) in [6, 6.07) is 3.94. The molecule has 0 radical (unpaired) electrons. The number of pyridine rings is 1. The fourth-order valence-corrected chi connectivity index (χ4v) is 1.58. The lowest BCUT2D eigenvalue weighted by Crippen LogP contribution is -2.14. The second-order valence-corrected chi connectivity index (χ2v) is 3.43. The number of aromatic nitrogens is 1. The standard InChI is InChI=1S/C11H10FN3O2/c1-17-8-3-2-7(12)5-4-6(11(14)16)10(13)15-9(5)8/h2-4H,1H3,(H2,13,15)(H2,14,16). The molecule has 0 aliphatic carbocycles. The number of methoxy groups -OCH3 is 1. The molecule has 6 heteroatoms. The molecule has 0 saturated heterocycles. The van der Waals surface area contributed by atoms with Crippen LogP contribution in [0.25, 0.3) is 10.9 Å². The van der Waals surface area contributed by atoms with Gasteiger partial charge in [0.1, 0.15) is 22.9 Å². The SMILES string of the molecule is COc1ccc(F)c2cc(C(N)=O)c(N)nc12. The van der Waals surface area contributed by atoms with E-state index in [1.54, 1.807) is 0 Å². The third-order valence-corrected chi connectivity index (χ3v) is 2.41. The van der Waals surface area contributed by atoms with Crippen LogP contribution in [0.3, 0.4) is 0 Å². The van der Waals surface area contributed by atoms with Gasteiger partial charge in [-0.1, -0.05) is 0 Å². The van der Waals surface area contributed by atoms with Crippen molar-refractivity contribution in [2.75, 3.05) is 12.8 Å². The maximum absolute atomic E-state index is 13.6. The van der Waals surface area contributed by atoms with E-state index in [0.717, 1.165) is 0 Å². The number of carbonyl (C=O) groups excluding carboxylic acids is 1. The van der Waals surface area contributed by atoms with Gasteiger partial charge < -0.3 is 16.2 Å². The number of halogens is 1. The predicted octanol–water partition coefficient (Wildman–Crippen LogP) is 1.06. The van der Waals surface area contributed by atoms with Gasteiger partial charge >= 0.3 is 0 Å². The summed E-state index contributed by atoms with van der Waals surface area (Å²) >= 11 is 0. The van der Waals surface area contributed by atoms with Gasteiger partial charge in [-0.25, -0.2) is 9.37 Å². The molecule has 0 bridgehead atoms. The van der Waals surface area contributed by atoms with Crippen molar-refractivity contribution in [3.05, 3.63) is 29.6 Å². The summed E-state index contributed by atoms with van der Waals surface area (Å²) in [7, 11) is 1.44. The highest BCUT2D eigenvalue weighted by Gasteiger charge is 2.14. The first-order valence-corrected chi connectivity index (χ1v) is 4.77. The molecule has 0 saturated carbocycles. The van der Waals surface area contributed by atoms with Crippen LogP contribution in [-0.4, -0.2) is 18.0 Å². The molecule has 88 valence electrons. The zero-order chi connectivity index (χ0) is 12.6. The van der Waals surface area contributed by atoms with Gasteiger partial charge in [-0.15, -0.1) is 0 Å². The van der Waals surface area contributed by atoms with Crippen LogP contribution in [-0.2, 0) is 0 Å². The van der Waals surface area contributed by atoms with E-state index in [1.807, 2.05) is 0 Å². The summed E-state index contributed by atoms with van der Waals surface area (Å²) in [5.41, 5.74) is 10.9. The van der Waals surface area contributed by atoms with E-state index < -0.39 is 11.7 Å². The zero-order valence-corrected chi connectivity index (χ0v) is 9.03. The first kappa shape index (κ1) is 11.1. The molecule has 2 rings (SSSR count). The molecule has 0 unspecified atom stereocenters. The quantitative estimate of drug-likeness (QED) is 0.814. The minimum absolute atomic E-state index is 0.00958. The first-order valence-electron chi connectivity index (χ1n) is 4.77. The topological polar surface area (TPSA) is 91.2 Å². The van der Waals surface area contributed by atoms with Gasteiger partial charge in [0, 0.05) is 5.39 Å². The third kappa shape index (κ3) is 1.73. The Morgan fingerprint density at radius 3 is 2.76 bits per heavy atom. The molecule has 4 N–H and O–H groups in total. The normalized spacial score (nSPS) is 10.5. The Morgan fingerprint density at radius 2 is 2.18 bits per heavy atom. The average molecular weight is 235 g/mol. The van der Waals surface area contributed by atoms with Crippen molar-refractivity contribution in [2.24, 2.45) is 5.73 Å². The van der Waals surface area contributed by atoms with E-state index >= 15 is 0 Å². The number of nitrogens with zero attached hydrogens (tertiary/aromatic N) is 1. The monoisotopic (exact) mass is 235 g/mol. The first-order chi connectivity index (χ1) is 8.04. The van der Waals surface area contributed by atoms with Gasteiger partial charge in [-0.3, -0.25) is 4.79 Å². The van der Waals surface area contributed by atoms with Gasteiger partial charge in [0.05, 0.1) is 12.7 Å². The molecule has 5 nitrogen and oxygen atoms in total. The zero-order valence-electron chi connectivity index (χ0n) is 9.03. The summed E-state index contributed by atoms with van der Waals surface area (Å²) in [6.07, 6.45) is 0. The van der Waals surface area contributed by atoms with E-state index in [-0.39, 0.29) is 22.3 Å². The molecule has 0 spiro atoms. The molecule has 1 aromatic carbocycles. The van der Waals surface area contributed by atoms with Crippen molar-refractivity contribution in [1.29, 1.82) is 0 Å². The van der Waals surface area contributed by atoms with Gasteiger partial charge in [0.25, 0.3) is 5.91 Å². The number of nitrogens with two attached hydrogens (primary N) is 2. The van der Waals surface area contributed by atoms with Crippen molar-refractivity contribution in [2.45, 2.75) is 0 Å². The number of rotatable bonds is 2. The Balaban J connectivity index is 2.86. The van der Waals surface area contributed by atoms with Gasteiger partial charge in [-0.2, -0.15) is 0 Å². The summed E-state index contributed by atoms with van der Waals surface area (Å²) in [5.74, 6) is -0.937. The van der Waals surface area contributed by atoms with E-state index in [4.69, 9.17) is 16.2 Å². The van der Waals surface area contributed by atoms with Crippen LogP contribution < -0.4 is 16.2 Å². The lowest BCUT2D eigenvalue weighted by molar-refractivity contribution is 0.100. The van der Waals surface area contributed by atoms with Crippen LogP contribution in [0, 0.1) is 5.82 Å². The number of benzene rings is 1. The molecule has 0 aliphatic heterocycles. The van der Waals surface area contributed by atoms with Gasteiger partial charge in [0.2, 0.25) is 0 Å². The molecule has 0 aliphatic rings. The fraction of sp³-hybridized carbons (Fsp3) is 0.0909. The number of nitrogen functional groups attached to an aromatic ring is 1. The van der Waals surface area contributed by atoms with Crippen LogP contribution >= 0.6 is 0 Å². The van der Waals surface area contributed by atoms with Crippen molar-refractivity contribution in [1.82, 2.24) is 4.98 Å². The Labute approximate surface area is 96.2 Å². The lowest BCUT2D eigenvalue weighted by atomic mass is 10.1. The fourth-order valence-electron chi connectivity index (χ4n) is 1.58. The number of anilines is 1. The van der Waals surface area contributed by atoms with Crippen LogP contribution in [0.15, 0.2) is 18.2 Å². The molecule has 1 heterocycles. The highest BCUT2D eigenvalue weighted by molar-refractivity contribution is 6.01. The average Bonchev–Trinajstić information content (AvgIpc) is 2.28. The number of primary amides is 1. The second kappa shape index (κ2) is 3.89. The van der Waals surface area contributed by atoms with Crippen LogP contribution in [0.4, 0.5) is 10.2 Å². The van der Waals surface area contributed by atoms with Crippen LogP contribution in [0.1, 0.15) is 10.4 Å². The Bertz CT molecular complexity index is 613. The molecular formula is C11H10FN3O2. The smallest absolute Gasteiger partial charge is 0.252 e. The van der Waals surface area contributed by atoms with E-state index in [0.29, 0.717) is 5.75 Å². The van der Waals surface area contributed by atoms with Gasteiger partial charge in [0.15, 0.2) is 0 Å². The second-order valence-electron chi connectivity index (χ2n) is 3.43. The summed E-state index contributed by atoms with van der Waals surface area (Å²) in [5, 5.41) is 0.146. The van der Waals surface area contributed by atoms with Crippen molar-refractivity contribution >= 4 is 22.6 Å². The molecule has 17 heavy (non-hydrogen) atoms. The minimum Gasteiger partial charge on any atom is -0.494 e. The number of ether oxygens (including phenoxy) is 1. The third-order valence-electron chi connectivity index (χ3n) is 2.41. The van der Waals surface area contributed by atoms with E-state index in [1.165, 1.54) is 25.3 Å². The molecule has 0 atom stereocenters. The lowest BCUT2D eigenvalue weighted by Gasteiger charge is -2.08. The highest BCUT2D eigenvalue weighted by Crippen LogP contribution is 2.28. The molecule has 1 aromatic heterocycles. The number of amides is 1. The molecule has 2 aromatic rings. The minimum atomic E-state index is -0.751. The summed E-state index contributed by atoms with van der Waals surface area (Å²) < 4.78 is 18.6. The van der Waals surface area contributed by atoms with E-state index in [9.17, 15) is 9.18 Å². The maximum atomic E-state index is 13.6. The van der Waals surface area contributed by atoms with Crippen LogP contribution in [0.2, 0.25) is 0 Å². The molecule has 1 amide bonds. The Morgan fingerprint density at radius 1 is 1.47 bits per heavy atom. The maximum Gasteiger partial charge on any atom is 0.252 e. The summed E-state index contributed by atoms with van der Waals surface area (Å²) in [4.78, 5) is 15.0. The largest absolute Gasteiger partial charge is 0.494 e.